The highest BCUT2D eigenvalue weighted by Gasteiger charge is 1.96. The van der Waals surface area contributed by atoms with E-state index >= 15 is 0 Å². The van der Waals surface area contributed by atoms with E-state index in [1.54, 1.807) is 0 Å². The summed E-state index contributed by atoms with van der Waals surface area (Å²) in [7, 11) is 0. The Morgan fingerprint density at radius 2 is 0.452 bits per heavy atom. The maximum atomic E-state index is 5.33. The molecule has 0 aliphatic heterocycles. The van der Waals surface area contributed by atoms with E-state index in [4.69, 9.17) is 9.78 Å². The Kier molecular flexibility index (Phi) is 29.8. The minimum absolute atomic E-state index is 0.774. The molecule has 0 spiro atoms. The van der Waals surface area contributed by atoms with Crippen LogP contribution in [-0.4, -0.2) is 13.2 Å². The first kappa shape index (κ1) is 30.9. The number of rotatable bonds is 28. The molecule has 0 atom stereocenters. The van der Waals surface area contributed by atoms with Crippen LogP contribution >= 0.6 is 0 Å². The SMILES string of the molecule is CCCCCCCCCCCCCCCOOCCCCCCCCCCCCCC. The van der Waals surface area contributed by atoms with Crippen LogP contribution in [0.5, 0.6) is 0 Å². The molecular formula is C29H60O2. The topological polar surface area (TPSA) is 18.5 Å². The van der Waals surface area contributed by atoms with Crippen molar-refractivity contribution in [2.45, 2.75) is 174 Å². The van der Waals surface area contributed by atoms with Gasteiger partial charge in [-0.2, -0.15) is 0 Å². The summed E-state index contributed by atoms with van der Waals surface area (Å²) in [5, 5.41) is 0. The lowest BCUT2D eigenvalue weighted by Crippen LogP contribution is -1.99. The van der Waals surface area contributed by atoms with E-state index in [2.05, 4.69) is 13.8 Å². The zero-order valence-corrected chi connectivity index (χ0v) is 21.9. The van der Waals surface area contributed by atoms with Crippen LogP contribution in [0.2, 0.25) is 0 Å². The molecule has 0 bridgehead atoms. The van der Waals surface area contributed by atoms with E-state index in [0.717, 1.165) is 26.1 Å². The standard InChI is InChI=1S/C29H60O2/c1-3-5-7-9-11-13-15-17-19-21-23-25-27-29-31-30-28-26-24-22-20-18-16-14-12-10-8-6-4-2/h3-29H2,1-2H3. The fourth-order valence-corrected chi connectivity index (χ4v) is 4.30. The van der Waals surface area contributed by atoms with Gasteiger partial charge < -0.3 is 0 Å². The predicted octanol–water partition coefficient (Wildman–Crippen LogP) is 10.7. The van der Waals surface area contributed by atoms with E-state index in [-0.39, 0.29) is 0 Å². The molecule has 0 fully saturated rings. The average Bonchev–Trinajstić information content (AvgIpc) is 2.78. The van der Waals surface area contributed by atoms with Crippen molar-refractivity contribution in [3.05, 3.63) is 0 Å². The minimum Gasteiger partial charge on any atom is -0.237 e. The Balaban J connectivity index is 2.98. The summed E-state index contributed by atoms with van der Waals surface area (Å²) >= 11 is 0. The van der Waals surface area contributed by atoms with Crippen molar-refractivity contribution in [3.63, 3.8) is 0 Å². The van der Waals surface area contributed by atoms with Crippen molar-refractivity contribution >= 4 is 0 Å². The van der Waals surface area contributed by atoms with Crippen molar-refractivity contribution in [2.75, 3.05) is 13.2 Å². The van der Waals surface area contributed by atoms with E-state index in [1.807, 2.05) is 0 Å². The van der Waals surface area contributed by atoms with Crippen LogP contribution in [0, 0.1) is 0 Å². The van der Waals surface area contributed by atoms with Gasteiger partial charge >= 0.3 is 0 Å². The van der Waals surface area contributed by atoms with Gasteiger partial charge in [0.25, 0.3) is 0 Å². The first-order chi connectivity index (χ1) is 15.4. The van der Waals surface area contributed by atoms with Gasteiger partial charge in [0.05, 0.1) is 13.2 Å². The van der Waals surface area contributed by atoms with Gasteiger partial charge in [-0.1, -0.05) is 162 Å². The molecule has 188 valence electrons. The molecule has 0 amide bonds. The Morgan fingerprint density at radius 1 is 0.258 bits per heavy atom. The lowest BCUT2D eigenvalue weighted by Gasteiger charge is -2.05. The van der Waals surface area contributed by atoms with Crippen LogP contribution < -0.4 is 0 Å². The zero-order valence-electron chi connectivity index (χ0n) is 21.9. The summed E-state index contributed by atoms with van der Waals surface area (Å²) in [6, 6.07) is 0. The van der Waals surface area contributed by atoms with Crippen LogP contribution in [0.4, 0.5) is 0 Å². The monoisotopic (exact) mass is 440 g/mol. The first-order valence-corrected chi connectivity index (χ1v) is 14.7. The summed E-state index contributed by atoms with van der Waals surface area (Å²) in [4.78, 5) is 10.7. The second-order valence-electron chi connectivity index (χ2n) is 9.78. The number of hydrogen-bond acceptors (Lipinski definition) is 2. The third-order valence-electron chi connectivity index (χ3n) is 6.50. The van der Waals surface area contributed by atoms with Crippen LogP contribution in [0.3, 0.4) is 0 Å². The van der Waals surface area contributed by atoms with Gasteiger partial charge in [-0.05, 0) is 12.8 Å². The summed E-state index contributed by atoms with van der Waals surface area (Å²) in [6.45, 7) is 6.13. The van der Waals surface area contributed by atoms with Gasteiger partial charge in [0.15, 0.2) is 0 Å². The van der Waals surface area contributed by atoms with Crippen LogP contribution in [0.25, 0.3) is 0 Å². The smallest absolute Gasteiger partial charge is 0.0822 e. The minimum atomic E-state index is 0.774. The second-order valence-corrected chi connectivity index (χ2v) is 9.78. The second kappa shape index (κ2) is 29.9. The molecule has 0 saturated carbocycles. The molecule has 0 radical (unpaired) electrons. The quantitative estimate of drug-likeness (QED) is 0.0684. The summed E-state index contributed by atoms with van der Waals surface area (Å²) in [6.07, 6.45) is 34.7. The van der Waals surface area contributed by atoms with Crippen molar-refractivity contribution < 1.29 is 9.78 Å². The molecule has 0 aliphatic rings. The van der Waals surface area contributed by atoms with E-state index in [0.29, 0.717) is 0 Å². The Labute approximate surface area is 197 Å². The maximum Gasteiger partial charge on any atom is 0.0822 e. The largest absolute Gasteiger partial charge is 0.237 e. The van der Waals surface area contributed by atoms with Gasteiger partial charge in [0.1, 0.15) is 0 Å². The van der Waals surface area contributed by atoms with Crippen LogP contribution in [0.1, 0.15) is 174 Å². The number of unbranched alkanes of at least 4 members (excludes halogenated alkanes) is 23. The molecule has 0 aromatic heterocycles. The summed E-state index contributed by atoms with van der Waals surface area (Å²) in [5.74, 6) is 0. The Bertz CT molecular complexity index is 264. The summed E-state index contributed by atoms with van der Waals surface area (Å²) < 4.78 is 0. The molecule has 2 nitrogen and oxygen atoms in total. The predicted molar refractivity (Wildman–Crippen MR) is 139 cm³/mol. The number of hydrogen-bond donors (Lipinski definition) is 0. The van der Waals surface area contributed by atoms with Crippen molar-refractivity contribution in [2.24, 2.45) is 0 Å². The van der Waals surface area contributed by atoms with Crippen LogP contribution in [0.15, 0.2) is 0 Å². The fourth-order valence-electron chi connectivity index (χ4n) is 4.30. The molecule has 0 unspecified atom stereocenters. The molecular weight excluding hydrogens is 380 g/mol. The molecule has 0 aliphatic carbocycles. The molecule has 0 N–H and O–H groups in total. The lowest BCUT2D eigenvalue weighted by molar-refractivity contribution is -0.295. The van der Waals surface area contributed by atoms with E-state index in [1.165, 1.54) is 148 Å². The van der Waals surface area contributed by atoms with Gasteiger partial charge in [-0.25, -0.2) is 9.78 Å². The molecule has 31 heavy (non-hydrogen) atoms. The molecule has 0 aromatic rings. The zero-order chi connectivity index (χ0) is 22.5. The highest BCUT2D eigenvalue weighted by atomic mass is 17.2. The van der Waals surface area contributed by atoms with Crippen molar-refractivity contribution in [1.82, 2.24) is 0 Å². The molecule has 0 saturated heterocycles. The summed E-state index contributed by atoms with van der Waals surface area (Å²) in [5.41, 5.74) is 0. The van der Waals surface area contributed by atoms with E-state index in [9.17, 15) is 0 Å². The Morgan fingerprint density at radius 3 is 0.677 bits per heavy atom. The van der Waals surface area contributed by atoms with Crippen molar-refractivity contribution in [1.29, 1.82) is 0 Å². The van der Waals surface area contributed by atoms with Gasteiger partial charge in [-0.3, -0.25) is 0 Å². The lowest BCUT2D eigenvalue weighted by atomic mass is 10.0. The third kappa shape index (κ3) is 29.9. The molecule has 0 aromatic carbocycles. The first-order valence-electron chi connectivity index (χ1n) is 14.7. The molecule has 0 heterocycles. The highest BCUT2D eigenvalue weighted by Crippen LogP contribution is 2.13. The van der Waals surface area contributed by atoms with Crippen molar-refractivity contribution in [3.8, 4) is 0 Å². The van der Waals surface area contributed by atoms with Crippen LogP contribution in [-0.2, 0) is 9.78 Å². The maximum absolute atomic E-state index is 5.33. The third-order valence-corrected chi connectivity index (χ3v) is 6.50. The highest BCUT2D eigenvalue weighted by molar-refractivity contribution is 4.49. The van der Waals surface area contributed by atoms with Gasteiger partial charge in [-0.15, -0.1) is 0 Å². The fraction of sp³-hybridized carbons (Fsp3) is 1.00. The normalized spacial score (nSPS) is 11.4. The van der Waals surface area contributed by atoms with E-state index < -0.39 is 0 Å². The Hall–Kier alpha value is -0.0800. The molecule has 2 heteroatoms. The van der Waals surface area contributed by atoms with Gasteiger partial charge in [0.2, 0.25) is 0 Å². The average molecular weight is 441 g/mol. The van der Waals surface area contributed by atoms with Gasteiger partial charge in [0, 0.05) is 0 Å². The molecule has 0 rings (SSSR count).